The van der Waals surface area contributed by atoms with Crippen LogP contribution < -0.4 is 0 Å². The lowest BCUT2D eigenvalue weighted by Crippen LogP contribution is -2.41. The zero-order valence-electron chi connectivity index (χ0n) is 15.0. The molecule has 2 N–H and O–H groups in total. The Labute approximate surface area is 143 Å². The van der Waals surface area contributed by atoms with Crippen LogP contribution in [0.25, 0.3) is 0 Å². The van der Waals surface area contributed by atoms with Crippen molar-refractivity contribution in [3.05, 3.63) is 35.9 Å². The van der Waals surface area contributed by atoms with Gasteiger partial charge in [0, 0.05) is 5.41 Å². The van der Waals surface area contributed by atoms with E-state index in [1.165, 1.54) is 0 Å². The first-order chi connectivity index (χ1) is 11.1. The molecule has 2 aliphatic carbocycles. The van der Waals surface area contributed by atoms with Crippen LogP contribution in [-0.4, -0.2) is 28.4 Å². The maximum absolute atomic E-state index is 12.4. The molecule has 1 aromatic rings. The molecular formula is C20H28O4. The third-order valence-corrected chi connectivity index (χ3v) is 7.42. The van der Waals surface area contributed by atoms with Gasteiger partial charge in [0.1, 0.15) is 12.2 Å². The summed E-state index contributed by atoms with van der Waals surface area (Å²) in [6.45, 7) is 8.96. The number of ether oxygens (including phenoxy) is 1. The van der Waals surface area contributed by atoms with E-state index in [4.69, 9.17) is 4.74 Å². The Morgan fingerprint density at radius 1 is 1.12 bits per heavy atom. The van der Waals surface area contributed by atoms with Gasteiger partial charge in [0.15, 0.2) is 6.10 Å². The monoisotopic (exact) mass is 332 g/mol. The van der Waals surface area contributed by atoms with Crippen LogP contribution in [0.4, 0.5) is 0 Å². The normalized spacial score (nSPS) is 36.3. The lowest BCUT2D eigenvalue weighted by atomic mass is 9.66. The summed E-state index contributed by atoms with van der Waals surface area (Å²) in [4.78, 5) is 12.4. The average Bonchev–Trinajstić information content (AvgIpc) is 2.82. The number of esters is 1. The third-order valence-electron chi connectivity index (χ3n) is 7.42. The van der Waals surface area contributed by atoms with Crippen LogP contribution in [0, 0.1) is 16.2 Å². The summed E-state index contributed by atoms with van der Waals surface area (Å²) >= 11 is 0. The largest absolute Gasteiger partial charge is 0.460 e. The number of hydrogen-bond acceptors (Lipinski definition) is 4. The van der Waals surface area contributed by atoms with E-state index in [1.54, 1.807) is 24.3 Å². The fraction of sp³-hybridized carbons (Fsp3) is 0.650. The van der Waals surface area contributed by atoms with Crippen molar-refractivity contribution in [1.82, 2.24) is 0 Å². The number of benzene rings is 1. The van der Waals surface area contributed by atoms with E-state index in [9.17, 15) is 15.0 Å². The molecule has 2 saturated carbocycles. The number of aliphatic hydroxyl groups excluding tert-OH is 2. The lowest BCUT2D eigenvalue weighted by Gasteiger charge is -2.40. The SMILES string of the molecule is CC1(C)[C@@]2(C)CC[C@]1(C)C(OC(=O)C(O)C(O)c1ccccc1)C2. The molecule has 5 atom stereocenters. The minimum Gasteiger partial charge on any atom is -0.460 e. The second-order valence-corrected chi connectivity index (χ2v) is 8.53. The van der Waals surface area contributed by atoms with Gasteiger partial charge in [-0.25, -0.2) is 4.79 Å². The highest BCUT2D eigenvalue weighted by Gasteiger charge is 2.68. The number of fused-ring (bicyclic) bond motifs is 2. The highest BCUT2D eigenvalue weighted by molar-refractivity contribution is 5.75. The quantitative estimate of drug-likeness (QED) is 0.831. The predicted molar refractivity (Wildman–Crippen MR) is 91.1 cm³/mol. The molecule has 0 spiro atoms. The molecule has 4 nitrogen and oxygen atoms in total. The molecule has 132 valence electrons. The van der Waals surface area contributed by atoms with Crippen LogP contribution in [0.15, 0.2) is 30.3 Å². The van der Waals surface area contributed by atoms with Crippen LogP contribution >= 0.6 is 0 Å². The number of rotatable bonds is 4. The molecule has 0 heterocycles. The van der Waals surface area contributed by atoms with Crippen molar-refractivity contribution in [2.24, 2.45) is 16.2 Å². The summed E-state index contributed by atoms with van der Waals surface area (Å²) in [5, 5.41) is 20.5. The van der Waals surface area contributed by atoms with Gasteiger partial charge in [-0.05, 0) is 35.7 Å². The fourth-order valence-electron chi connectivity index (χ4n) is 4.75. The van der Waals surface area contributed by atoms with Gasteiger partial charge >= 0.3 is 5.97 Å². The lowest BCUT2D eigenvalue weighted by molar-refractivity contribution is -0.173. The van der Waals surface area contributed by atoms with E-state index in [1.807, 2.05) is 6.07 Å². The van der Waals surface area contributed by atoms with E-state index in [0.29, 0.717) is 5.56 Å². The number of aliphatic hydroxyl groups is 2. The molecule has 0 amide bonds. The smallest absolute Gasteiger partial charge is 0.338 e. The van der Waals surface area contributed by atoms with Gasteiger partial charge in [0.25, 0.3) is 0 Å². The van der Waals surface area contributed by atoms with Crippen molar-refractivity contribution in [2.45, 2.75) is 65.3 Å². The minimum absolute atomic E-state index is 0.0773. The minimum atomic E-state index is -1.56. The van der Waals surface area contributed by atoms with Crippen molar-refractivity contribution in [2.75, 3.05) is 0 Å². The Kier molecular flexibility index (Phi) is 4.04. The van der Waals surface area contributed by atoms with Gasteiger partial charge in [0.05, 0.1) is 0 Å². The Hall–Kier alpha value is -1.39. The molecule has 1 aromatic carbocycles. The Morgan fingerprint density at radius 2 is 1.75 bits per heavy atom. The Bertz CT molecular complexity index is 626. The number of carbonyl (C=O) groups excluding carboxylic acids is 1. The molecule has 4 heteroatoms. The first-order valence-corrected chi connectivity index (χ1v) is 8.74. The molecule has 0 aliphatic heterocycles. The highest BCUT2D eigenvalue weighted by Crippen LogP contribution is 2.72. The van der Waals surface area contributed by atoms with Crippen LogP contribution in [0.3, 0.4) is 0 Å². The number of carbonyl (C=O) groups is 1. The van der Waals surface area contributed by atoms with E-state index in [2.05, 4.69) is 27.7 Å². The third kappa shape index (κ3) is 2.31. The molecule has 2 aliphatic rings. The second kappa shape index (κ2) is 5.57. The van der Waals surface area contributed by atoms with Gasteiger partial charge in [-0.3, -0.25) is 0 Å². The Balaban J connectivity index is 1.72. The highest BCUT2D eigenvalue weighted by atomic mass is 16.6. The van der Waals surface area contributed by atoms with Crippen molar-refractivity contribution in [3.63, 3.8) is 0 Å². The molecule has 2 fully saturated rings. The summed E-state index contributed by atoms with van der Waals surface area (Å²) in [7, 11) is 0. The van der Waals surface area contributed by atoms with Crippen LogP contribution in [0.1, 0.15) is 58.6 Å². The summed E-state index contributed by atoms with van der Waals surface area (Å²) in [6, 6.07) is 8.71. The van der Waals surface area contributed by atoms with Crippen molar-refractivity contribution < 1.29 is 19.7 Å². The van der Waals surface area contributed by atoms with Gasteiger partial charge in [0.2, 0.25) is 0 Å². The molecule has 2 bridgehead atoms. The van der Waals surface area contributed by atoms with Crippen molar-refractivity contribution >= 4 is 5.97 Å². The summed E-state index contributed by atoms with van der Waals surface area (Å²) in [6.07, 6.45) is -0.0711. The van der Waals surface area contributed by atoms with Crippen molar-refractivity contribution in [3.8, 4) is 0 Å². The summed E-state index contributed by atoms with van der Waals surface area (Å²) in [5.41, 5.74) is 0.645. The second-order valence-electron chi connectivity index (χ2n) is 8.53. The maximum atomic E-state index is 12.4. The molecular weight excluding hydrogens is 304 g/mol. The van der Waals surface area contributed by atoms with E-state index in [-0.39, 0.29) is 22.3 Å². The van der Waals surface area contributed by atoms with Crippen LogP contribution in [0.2, 0.25) is 0 Å². The molecule has 3 unspecified atom stereocenters. The topological polar surface area (TPSA) is 66.8 Å². The predicted octanol–water partition coefficient (Wildman–Crippen LogP) is 3.23. The standard InChI is InChI=1S/C20H28O4/c1-18(2)19(3)10-11-20(18,4)14(12-19)24-17(23)16(22)15(21)13-8-6-5-7-9-13/h5-9,14-16,21-22H,10-12H2,1-4H3/t14?,15?,16?,19-,20+/m0/s1. The maximum Gasteiger partial charge on any atom is 0.338 e. The Morgan fingerprint density at radius 3 is 2.25 bits per heavy atom. The molecule has 0 aromatic heterocycles. The summed E-state index contributed by atoms with van der Waals surface area (Å²) < 4.78 is 5.70. The summed E-state index contributed by atoms with van der Waals surface area (Å²) in [5.74, 6) is -0.732. The average molecular weight is 332 g/mol. The zero-order valence-corrected chi connectivity index (χ0v) is 15.0. The van der Waals surface area contributed by atoms with Gasteiger partial charge in [-0.2, -0.15) is 0 Å². The number of hydrogen-bond donors (Lipinski definition) is 2. The van der Waals surface area contributed by atoms with Crippen molar-refractivity contribution in [1.29, 1.82) is 0 Å². The first-order valence-electron chi connectivity index (χ1n) is 8.74. The first kappa shape index (κ1) is 17.4. The van der Waals surface area contributed by atoms with E-state index < -0.39 is 18.2 Å². The fourth-order valence-corrected chi connectivity index (χ4v) is 4.75. The van der Waals surface area contributed by atoms with Gasteiger partial charge in [-0.15, -0.1) is 0 Å². The van der Waals surface area contributed by atoms with Crippen LogP contribution in [-0.2, 0) is 9.53 Å². The molecule has 24 heavy (non-hydrogen) atoms. The van der Waals surface area contributed by atoms with E-state index >= 15 is 0 Å². The van der Waals surface area contributed by atoms with Gasteiger partial charge < -0.3 is 14.9 Å². The van der Waals surface area contributed by atoms with E-state index in [0.717, 1.165) is 19.3 Å². The molecule has 3 rings (SSSR count). The van der Waals surface area contributed by atoms with Gasteiger partial charge in [-0.1, -0.05) is 58.0 Å². The zero-order chi connectivity index (χ0) is 17.8. The molecule has 0 saturated heterocycles. The van der Waals surface area contributed by atoms with Crippen LogP contribution in [0.5, 0.6) is 0 Å². The molecule has 0 radical (unpaired) electrons.